The van der Waals surface area contributed by atoms with Crippen LogP contribution in [0.25, 0.3) is 0 Å². The van der Waals surface area contributed by atoms with Gasteiger partial charge >= 0.3 is 0 Å². The van der Waals surface area contributed by atoms with E-state index in [1.807, 2.05) is 26.8 Å². The number of hydrogen-bond donors (Lipinski definition) is 1. The molecule has 0 spiro atoms. The van der Waals surface area contributed by atoms with E-state index in [1.54, 1.807) is 24.3 Å². The van der Waals surface area contributed by atoms with E-state index in [-0.39, 0.29) is 17.4 Å². The predicted molar refractivity (Wildman–Crippen MR) is 119 cm³/mol. The Morgan fingerprint density at radius 2 is 1.77 bits per heavy atom. The lowest BCUT2D eigenvalue weighted by molar-refractivity contribution is -0.123. The van der Waals surface area contributed by atoms with E-state index in [4.69, 9.17) is 9.47 Å². The van der Waals surface area contributed by atoms with Gasteiger partial charge in [0, 0.05) is 19.6 Å². The van der Waals surface area contributed by atoms with Crippen molar-refractivity contribution in [2.45, 2.75) is 32.1 Å². The van der Waals surface area contributed by atoms with Crippen LogP contribution in [0.15, 0.2) is 41.3 Å². The van der Waals surface area contributed by atoms with Gasteiger partial charge in [-0.2, -0.15) is 4.31 Å². The van der Waals surface area contributed by atoms with Crippen molar-refractivity contribution in [3.8, 4) is 5.75 Å². The third kappa shape index (κ3) is 6.06. The molecule has 0 bridgehead atoms. The zero-order valence-electron chi connectivity index (χ0n) is 18.3. The van der Waals surface area contributed by atoms with E-state index in [9.17, 15) is 13.2 Å². The first-order valence-electron chi connectivity index (χ1n) is 10.4. The first kappa shape index (κ1) is 23.2. The monoisotopic (exact) mass is 446 g/mol. The minimum Gasteiger partial charge on any atom is -0.483 e. The predicted octanol–water partition coefficient (Wildman–Crippen LogP) is 2.37. The highest BCUT2D eigenvalue weighted by atomic mass is 32.2. The molecule has 0 aliphatic carbocycles. The standard InChI is InChI=1S/C23H30N2O5S/c1-17-14-18(2)19(3)22(15-17)30-16-23(26)24-9-8-20-4-6-21(7-5-20)31(27,28)25-10-12-29-13-11-25/h4-7,14-15H,8-13,16H2,1-3H3,(H,24,26). The summed E-state index contributed by atoms with van der Waals surface area (Å²) in [6.45, 7) is 7.99. The third-order valence-corrected chi connectivity index (χ3v) is 7.30. The zero-order chi connectivity index (χ0) is 22.4. The third-order valence-electron chi connectivity index (χ3n) is 5.39. The smallest absolute Gasteiger partial charge is 0.257 e. The molecule has 1 aliphatic heterocycles. The number of nitrogens with one attached hydrogen (secondary N) is 1. The Morgan fingerprint density at radius 3 is 2.45 bits per heavy atom. The largest absolute Gasteiger partial charge is 0.483 e. The number of aryl methyl sites for hydroxylation is 2. The van der Waals surface area contributed by atoms with Crippen molar-refractivity contribution in [2.24, 2.45) is 0 Å². The maximum Gasteiger partial charge on any atom is 0.257 e. The zero-order valence-corrected chi connectivity index (χ0v) is 19.1. The SMILES string of the molecule is Cc1cc(C)c(C)c(OCC(=O)NCCc2ccc(S(=O)(=O)N3CCOCC3)cc2)c1. The quantitative estimate of drug-likeness (QED) is 0.673. The average molecular weight is 447 g/mol. The Labute approximate surface area is 184 Å². The normalized spacial score (nSPS) is 14.9. The molecule has 1 fully saturated rings. The second-order valence-corrected chi connectivity index (χ2v) is 9.69. The van der Waals surface area contributed by atoms with Crippen molar-refractivity contribution in [1.82, 2.24) is 9.62 Å². The van der Waals surface area contributed by atoms with Crippen LogP contribution in [0, 0.1) is 20.8 Å². The molecule has 8 heteroatoms. The molecular weight excluding hydrogens is 416 g/mol. The number of ether oxygens (including phenoxy) is 2. The van der Waals surface area contributed by atoms with Gasteiger partial charge in [-0.15, -0.1) is 0 Å². The topological polar surface area (TPSA) is 84.9 Å². The number of rotatable bonds is 8. The molecular formula is C23H30N2O5S. The summed E-state index contributed by atoms with van der Waals surface area (Å²) in [5, 5.41) is 2.84. The van der Waals surface area contributed by atoms with Gasteiger partial charge in [0.25, 0.3) is 5.91 Å². The van der Waals surface area contributed by atoms with Crippen molar-refractivity contribution in [3.63, 3.8) is 0 Å². The Kier molecular flexibility index (Phi) is 7.69. The highest BCUT2D eigenvalue weighted by molar-refractivity contribution is 7.89. The molecule has 1 heterocycles. The summed E-state index contributed by atoms with van der Waals surface area (Å²) < 4.78 is 37.7. The van der Waals surface area contributed by atoms with Gasteiger partial charge in [0.05, 0.1) is 18.1 Å². The Morgan fingerprint density at radius 1 is 1.10 bits per heavy atom. The van der Waals surface area contributed by atoms with Crippen LogP contribution < -0.4 is 10.1 Å². The van der Waals surface area contributed by atoms with Gasteiger partial charge in [0.2, 0.25) is 10.0 Å². The summed E-state index contributed by atoms with van der Waals surface area (Å²) in [4.78, 5) is 12.4. The van der Waals surface area contributed by atoms with Gasteiger partial charge in [-0.25, -0.2) is 8.42 Å². The van der Waals surface area contributed by atoms with E-state index in [0.29, 0.717) is 39.3 Å². The van der Waals surface area contributed by atoms with Crippen molar-refractivity contribution in [1.29, 1.82) is 0 Å². The summed E-state index contributed by atoms with van der Waals surface area (Å²) in [5.74, 6) is 0.537. The summed E-state index contributed by atoms with van der Waals surface area (Å²) in [6.07, 6.45) is 0.603. The molecule has 1 N–H and O–H groups in total. The van der Waals surface area contributed by atoms with E-state index >= 15 is 0 Å². The van der Waals surface area contributed by atoms with Crippen LogP contribution in [-0.2, 0) is 26.0 Å². The van der Waals surface area contributed by atoms with Gasteiger partial charge in [0.1, 0.15) is 5.75 Å². The molecule has 168 valence electrons. The number of carbonyl (C=O) groups is 1. The van der Waals surface area contributed by atoms with Gasteiger partial charge in [-0.1, -0.05) is 18.2 Å². The number of carbonyl (C=O) groups excluding carboxylic acids is 1. The van der Waals surface area contributed by atoms with Gasteiger partial charge in [-0.3, -0.25) is 4.79 Å². The van der Waals surface area contributed by atoms with Gasteiger partial charge < -0.3 is 14.8 Å². The van der Waals surface area contributed by atoms with Crippen LogP contribution in [0.2, 0.25) is 0 Å². The van der Waals surface area contributed by atoms with Crippen LogP contribution in [0.1, 0.15) is 22.3 Å². The Bertz CT molecular complexity index is 1010. The van der Waals surface area contributed by atoms with Crippen LogP contribution in [-0.4, -0.2) is 58.1 Å². The number of benzene rings is 2. The first-order chi connectivity index (χ1) is 14.8. The van der Waals surface area contributed by atoms with Gasteiger partial charge in [-0.05, 0) is 67.6 Å². The van der Waals surface area contributed by atoms with E-state index < -0.39 is 10.0 Å². The van der Waals surface area contributed by atoms with Crippen LogP contribution in [0.5, 0.6) is 5.75 Å². The highest BCUT2D eigenvalue weighted by Crippen LogP contribution is 2.23. The van der Waals surface area contributed by atoms with E-state index in [0.717, 1.165) is 28.0 Å². The maximum atomic E-state index is 12.7. The summed E-state index contributed by atoms with van der Waals surface area (Å²) >= 11 is 0. The molecule has 31 heavy (non-hydrogen) atoms. The highest BCUT2D eigenvalue weighted by Gasteiger charge is 2.26. The van der Waals surface area contributed by atoms with Crippen LogP contribution >= 0.6 is 0 Å². The lowest BCUT2D eigenvalue weighted by Gasteiger charge is -2.26. The number of nitrogens with zero attached hydrogens (tertiary/aromatic N) is 1. The molecule has 0 atom stereocenters. The van der Waals surface area contributed by atoms with Crippen molar-refractivity contribution in [2.75, 3.05) is 39.5 Å². The lowest BCUT2D eigenvalue weighted by Crippen LogP contribution is -2.40. The number of morpholine rings is 1. The minimum atomic E-state index is -3.49. The summed E-state index contributed by atoms with van der Waals surface area (Å²) in [6, 6.07) is 10.8. The van der Waals surface area contributed by atoms with Crippen molar-refractivity contribution >= 4 is 15.9 Å². The Hall–Kier alpha value is -2.42. The van der Waals surface area contributed by atoms with E-state index in [1.165, 1.54) is 4.31 Å². The molecule has 2 aromatic rings. The molecule has 0 saturated carbocycles. The number of hydrogen-bond acceptors (Lipinski definition) is 5. The fraction of sp³-hybridized carbons (Fsp3) is 0.435. The molecule has 1 amide bonds. The average Bonchev–Trinajstić information content (AvgIpc) is 2.76. The summed E-state index contributed by atoms with van der Waals surface area (Å²) in [5.41, 5.74) is 4.21. The Balaban J connectivity index is 1.47. The fourth-order valence-corrected chi connectivity index (χ4v) is 4.86. The van der Waals surface area contributed by atoms with Crippen molar-refractivity contribution < 1.29 is 22.7 Å². The second-order valence-electron chi connectivity index (χ2n) is 7.75. The molecule has 0 radical (unpaired) electrons. The molecule has 0 aromatic heterocycles. The molecule has 3 rings (SSSR count). The number of sulfonamides is 1. The number of amides is 1. The fourth-order valence-electron chi connectivity index (χ4n) is 3.46. The second kappa shape index (κ2) is 10.3. The van der Waals surface area contributed by atoms with Gasteiger partial charge in [0.15, 0.2) is 6.61 Å². The van der Waals surface area contributed by atoms with Crippen LogP contribution in [0.3, 0.4) is 0 Å². The first-order valence-corrected chi connectivity index (χ1v) is 11.9. The maximum absolute atomic E-state index is 12.7. The van der Waals surface area contributed by atoms with Crippen molar-refractivity contribution in [3.05, 3.63) is 58.7 Å². The molecule has 7 nitrogen and oxygen atoms in total. The molecule has 1 saturated heterocycles. The molecule has 0 unspecified atom stereocenters. The van der Waals surface area contributed by atoms with E-state index in [2.05, 4.69) is 11.4 Å². The molecule has 2 aromatic carbocycles. The molecule has 1 aliphatic rings. The minimum absolute atomic E-state index is 0.0412. The summed E-state index contributed by atoms with van der Waals surface area (Å²) in [7, 11) is -3.49. The lowest BCUT2D eigenvalue weighted by atomic mass is 10.1. The van der Waals surface area contributed by atoms with Crippen LogP contribution in [0.4, 0.5) is 0 Å².